The van der Waals surface area contributed by atoms with E-state index in [-0.39, 0.29) is 29.7 Å². The van der Waals surface area contributed by atoms with E-state index < -0.39 is 58.2 Å². The minimum absolute atomic E-state index is 0.0280. The molecular weight excluding hydrogens is 571 g/mol. The SMILES string of the molecule is CN(CC(=O)N(Cc1ccc(C2CCOCC2)cc1)c1ccc(C(=O)O)c(O)c1)Sc1c(F)c(F)c(F)c(F)c1F. The molecule has 0 aromatic heterocycles. The van der Waals surface area contributed by atoms with Gasteiger partial charge < -0.3 is 19.8 Å². The lowest BCUT2D eigenvalue weighted by Gasteiger charge is -2.26. The number of hydrogen-bond acceptors (Lipinski definition) is 6. The van der Waals surface area contributed by atoms with Crippen molar-refractivity contribution in [2.24, 2.45) is 0 Å². The van der Waals surface area contributed by atoms with Crippen molar-refractivity contribution in [2.75, 3.05) is 31.7 Å². The second-order valence-electron chi connectivity index (χ2n) is 9.39. The van der Waals surface area contributed by atoms with E-state index in [4.69, 9.17) is 4.74 Å². The highest BCUT2D eigenvalue weighted by Gasteiger charge is 2.28. The van der Waals surface area contributed by atoms with E-state index in [9.17, 15) is 41.8 Å². The van der Waals surface area contributed by atoms with Crippen LogP contribution in [0.25, 0.3) is 0 Å². The number of carboxylic acid groups (broad SMARTS) is 1. The summed E-state index contributed by atoms with van der Waals surface area (Å²) in [6.07, 6.45) is 1.76. The van der Waals surface area contributed by atoms with Gasteiger partial charge in [-0.3, -0.25) is 4.79 Å². The molecule has 1 aliphatic rings. The summed E-state index contributed by atoms with van der Waals surface area (Å²) in [5.74, 6) is -12.9. The molecule has 1 fully saturated rings. The number of carboxylic acids is 1. The third kappa shape index (κ3) is 6.80. The Morgan fingerprint density at radius 2 is 1.51 bits per heavy atom. The number of anilines is 1. The lowest BCUT2D eigenvalue weighted by atomic mass is 9.91. The van der Waals surface area contributed by atoms with Crippen LogP contribution in [-0.4, -0.2) is 53.2 Å². The van der Waals surface area contributed by atoms with Crippen molar-refractivity contribution in [2.45, 2.75) is 30.2 Å². The van der Waals surface area contributed by atoms with Crippen molar-refractivity contribution in [1.82, 2.24) is 4.31 Å². The molecule has 0 saturated carbocycles. The van der Waals surface area contributed by atoms with Gasteiger partial charge in [-0.2, -0.15) is 0 Å². The van der Waals surface area contributed by atoms with Crippen LogP contribution in [0.3, 0.4) is 0 Å². The average Bonchev–Trinajstić information content (AvgIpc) is 2.96. The molecular formula is C28H25F5N2O5S. The average molecular weight is 597 g/mol. The smallest absolute Gasteiger partial charge is 0.339 e. The van der Waals surface area contributed by atoms with Crippen molar-refractivity contribution in [1.29, 1.82) is 0 Å². The molecule has 0 unspecified atom stereocenters. The summed E-state index contributed by atoms with van der Waals surface area (Å²) in [4.78, 5) is 24.8. The first-order valence-electron chi connectivity index (χ1n) is 12.4. The van der Waals surface area contributed by atoms with Gasteiger partial charge >= 0.3 is 5.97 Å². The number of carbonyl (C=O) groups is 2. The summed E-state index contributed by atoms with van der Waals surface area (Å²) in [5.41, 5.74) is 1.53. The van der Waals surface area contributed by atoms with Gasteiger partial charge in [0.05, 0.1) is 13.1 Å². The first kappa shape index (κ1) is 30.3. The monoisotopic (exact) mass is 596 g/mol. The second kappa shape index (κ2) is 12.9. The standard InChI is InChI=1S/C28H25F5N2O5S/c1-34(41-27-25(32)23(30)22(29)24(31)26(27)33)14-21(37)35(18-6-7-19(28(38)39)20(36)12-18)13-15-2-4-16(5-3-15)17-8-10-40-11-9-17/h2-7,12,17,36H,8-11,13-14H2,1H3,(H,38,39). The number of amides is 1. The van der Waals surface area contributed by atoms with Gasteiger partial charge in [-0.15, -0.1) is 0 Å². The maximum Gasteiger partial charge on any atom is 0.339 e. The van der Waals surface area contributed by atoms with Crippen molar-refractivity contribution in [3.63, 3.8) is 0 Å². The fraction of sp³-hybridized carbons (Fsp3) is 0.286. The van der Waals surface area contributed by atoms with E-state index in [1.807, 2.05) is 24.3 Å². The predicted molar refractivity (Wildman–Crippen MR) is 140 cm³/mol. The van der Waals surface area contributed by atoms with E-state index in [2.05, 4.69) is 0 Å². The largest absolute Gasteiger partial charge is 0.507 e. The predicted octanol–water partition coefficient (Wildman–Crippen LogP) is 5.85. The van der Waals surface area contributed by atoms with E-state index in [1.54, 1.807) is 0 Å². The van der Waals surface area contributed by atoms with E-state index >= 15 is 0 Å². The van der Waals surface area contributed by atoms with Crippen LogP contribution in [0.5, 0.6) is 5.75 Å². The topological polar surface area (TPSA) is 90.3 Å². The number of benzene rings is 3. The van der Waals surface area contributed by atoms with E-state index in [0.717, 1.165) is 34.8 Å². The van der Waals surface area contributed by atoms with Crippen LogP contribution in [-0.2, 0) is 16.1 Å². The maximum atomic E-state index is 14.2. The van der Waals surface area contributed by atoms with Crippen LogP contribution in [0.1, 0.15) is 40.2 Å². The van der Waals surface area contributed by atoms with Crippen LogP contribution < -0.4 is 4.90 Å². The van der Waals surface area contributed by atoms with Crippen molar-refractivity contribution < 1.29 is 46.5 Å². The minimum Gasteiger partial charge on any atom is -0.507 e. The Morgan fingerprint density at radius 1 is 0.927 bits per heavy atom. The number of halogens is 5. The number of hydrogen-bond donors (Lipinski definition) is 2. The van der Waals surface area contributed by atoms with Gasteiger partial charge in [-0.1, -0.05) is 24.3 Å². The molecule has 3 aromatic carbocycles. The molecule has 1 aliphatic heterocycles. The molecule has 1 heterocycles. The number of rotatable bonds is 9. The molecule has 0 spiro atoms. The Kier molecular flexibility index (Phi) is 9.51. The Morgan fingerprint density at radius 3 is 2.07 bits per heavy atom. The molecule has 0 radical (unpaired) electrons. The molecule has 7 nitrogen and oxygen atoms in total. The first-order chi connectivity index (χ1) is 19.5. The molecule has 0 atom stereocenters. The molecule has 1 amide bonds. The molecule has 1 saturated heterocycles. The Balaban J connectivity index is 1.58. The highest BCUT2D eigenvalue weighted by atomic mass is 32.2. The molecule has 13 heteroatoms. The van der Waals surface area contributed by atoms with Gasteiger partial charge in [0, 0.05) is 25.0 Å². The summed E-state index contributed by atoms with van der Waals surface area (Å²) in [5, 5.41) is 19.5. The maximum absolute atomic E-state index is 14.2. The van der Waals surface area contributed by atoms with Crippen LogP contribution in [0.2, 0.25) is 0 Å². The van der Waals surface area contributed by atoms with E-state index in [0.29, 0.717) is 24.7 Å². The summed E-state index contributed by atoms with van der Waals surface area (Å²) in [6, 6.07) is 11.0. The Hall–Kier alpha value is -3.68. The normalized spacial score (nSPS) is 13.9. The zero-order chi connectivity index (χ0) is 29.8. The van der Waals surface area contributed by atoms with Crippen LogP contribution >= 0.6 is 11.9 Å². The lowest BCUT2D eigenvalue weighted by molar-refractivity contribution is -0.118. The fourth-order valence-corrected chi connectivity index (χ4v) is 5.26. The van der Waals surface area contributed by atoms with Crippen LogP contribution in [0, 0.1) is 29.1 Å². The number of carbonyl (C=O) groups excluding carboxylic acids is 1. The van der Waals surface area contributed by atoms with Gasteiger partial charge in [0.1, 0.15) is 16.2 Å². The second-order valence-corrected chi connectivity index (χ2v) is 10.6. The molecule has 0 bridgehead atoms. The van der Waals surface area contributed by atoms with Gasteiger partial charge in [-0.25, -0.2) is 31.1 Å². The highest BCUT2D eigenvalue weighted by Crippen LogP contribution is 2.33. The minimum atomic E-state index is -2.29. The number of ether oxygens (including phenoxy) is 1. The summed E-state index contributed by atoms with van der Waals surface area (Å²) < 4.78 is 75.5. The Bertz CT molecular complexity index is 1420. The number of phenols is 1. The van der Waals surface area contributed by atoms with Gasteiger partial charge in [-0.05, 0) is 61.0 Å². The fourth-order valence-electron chi connectivity index (χ4n) is 4.43. The Labute approximate surface area is 236 Å². The first-order valence-corrected chi connectivity index (χ1v) is 13.2. The molecule has 4 rings (SSSR count). The summed E-state index contributed by atoms with van der Waals surface area (Å²) in [6.45, 7) is 0.758. The molecule has 3 aromatic rings. The number of aromatic hydroxyl groups is 1. The zero-order valence-electron chi connectivity index (χ0n) is 21.7. The van der Waals surface area contributed by atoms with E-state index in [1.165, 1.54) is 18.0 Å². The summed E-state index contributed by atoms with van der Waals surface area (Å²) >= 11 is 0.160. The van der Waals surface area contributed by atoms with Crippen molar-refractivity contribution in [3.05, 3.63) is 88.2 Å². The quantitative estimate of drug-likeness (QED) is 0.139. The number of nitrogens with zero attached hydrogens (tertiary/aromatic N) is 2. The van der Waals surface area contributed by atoms with Gasteiger partial charge in [0.2, 0.25) is 11.7 Å². The zero-order valence-corrected chi connectivity index (χ0v) is 22.5. The molecule has 0 aliphatic carbocycles. The lowest BCUT2D eigenvalue weighted by Crippen LogP contribution is -2.37. The third-order valence-corrected chi connectivity index (χ3v) is 7.59. The van der Waals surface area contributed by atoms with Gasteiger partial charge in [0.25, 0.3) is 0 Å². The van der Waals surface area contributed by atoms with Crippen molar-refractivity contribution in [3.8, 4) is 5.75 Å². The molecule has 2 N–H and O–H groups in total. The van der Waals surface area contributed by atoms with Crippen LogP contribution in [0.4, 0.5) is 27.6 Å². The summed E-state index contributed by atoms with van der Waals surface area (Å²) in [7, 11) is 1.23. The van der Waals surface area contributed by atoms with Crippen molar-refractivity contribution >= 4 is 29.5 Å². The number of aromatic carboxylic acids is 1. The highest BCUT2D eigenvalue weighted by molar-refractivity contribution is 7.97. The molecule has 41 heavy (non-hydrogen) atoms. The third-order valence-electron chi connectivity index (χ3n) is 6.61. The van der Waals surface area contributed by atoms with Crippen LogP contribution in [0.15, 0.2) is 47.4 Å². The molecule has 218 valence electrons. The number of likely N-dealkylation sites (N-methyl/N-ethyl adjacent to an activating group) is 1. The van der Waals surface area contributed by atoms with Gasteiger partial charge in [0.15, 0.2) is 23.3 Å².